The van der Waals surface area contributed by atoms with Gasteiger partial charge in [-0.1, -0.05) is 47.5 Å². The molecular formula is C18H14ClNO3. The highest BCUT2D eigenvalue weighted by Crippen LogP contribution is 2.34. The van der Waals surface area contributed by atoms with Crippen LogP contribution in [0.25, 0.3) is 5.57 Å². The molecule has 0 atom stereocenters. The number of rotatable bonds is 2. The van der Waals surface area contributed by atoms with Gasteiger partial charge >= 0.3 is 5.91 Å². The summed E-state index contributed by atoms with van der Waals surface area (Å²) in [5.74, 6) is -1.84. The van der Waals surface area contributed by atoms with Crippen molar-refractivity contribution in [1.29, 1.82) is 0 Å². The number of nitrogens with zero attached hydrogens (tertiary/aromatic N) is 1. The Morgan fingerprint density at radius 2 is 1.61 bits per heavy atom. The van der Waals surface area contributed by atoms with Crippen LogP contribution in [0.15, 0.2) is 48.2 Å². The van der Waals surface area contributed by atoms with Gasteiger partial charge in [-0.2, -0.15) is 0 Å². The van der Waals surface area contributed by atoms with Crippen LogP contribution in [-0.4, -0.2) is 16.9 Å². The van der Waals surface area contributed by atoms with Crippen LogP contribution in [0.3, 0.4) is 0 Å². The number of hydrogen-bond acceptors (Lipinski definition) is 3. The van der Waals surface area contributed by atoms with Crippen molar-refractivity contribution in [2.75, 3.05) is 4.90 Å². The highest BCUT2D eigenvalue weighted by atomic mass is 35.5. The van der Waals surface area contributed by atoms with Crippen LogP contribution < -0.4 is 4.90 Å². The molecule has 23 heavy (non-hydrogen) atoms. The van der Waals surface area contributed by atoms with Gasteiger partial charge in [-0.15, -0.1) is 0 Å². The largest absolute Gasteiger partial charge is 0.502 e. The van der Waals surface area contributed by atoms with Crippen molar-refractivity contribution in [3.63, 3.8) is 0 Å². The zero-order valence-electron chi connectivity index (χ0n) is 12.6. The number of benzene rings is 2. The first-order valence-corrected chi connectivity index (χ1v) is 7.43. The van der Waals surface area contributed by atoms with E-state index in [2.05, 4.69) is 0 Å². The Balaban J connectivity index is 2.09. The van der Waals surface area contributed by atoms with Gasteiger partial charge in [0.2, 0.25) is 0 Å². The Kier molecular flexibility index (Phi) is 3.70. The van der Waals surface area contributed by atoms with Gasteiger partial charge in [-0.05, 0) is 37.1 Å². The Bertz CT molecular complexity index is 853. The average Bonchev–Trinajstić information content (AvgIpc) is 2.73. The molecule has 1 aliphatic rings. The predicted molar refractivity (Wildman–Crippen MR) is 89.4 cm³/mol. The summed E-state index contributed by atoms with van der Waals surface area (Å²) in [6.45, 7) is 3.69. The van der Waals surface area contributed by atoms with Crippen LogP contribution in [0.2, 0.25) is 5.02 Å². The van der Waals surface area contributed by atoms with E-state index in [4.69, 9.17) is 11.6 Å². The van der Waals surface area contributed by atoms with Gasteiger partial charge in [0.05, 0.1) is 11.3 Å². The molecule has 0 saturated heterocycles. The van der Waals surface area contributed by atoms with E-state index in [0.29, 0.717) is 21.8 Å². The van der Waals surface area contributed by atoms with Crippen molar-refractivity contribution >= 4 is 34.7 Å². The van der Waals surface area contributed by atoms with Crippen LogP contribution in [0.5, 0.6) is 0 Å². The minimum absolute atomic E-state index is 0.00868. The summed E-state index contributed by atoms with van der Waals surface area (Å²) in [7, 11) is 0. The second-order valence-corrected chi connectivity index (χ2v) is 5.90. The first-order valence-electron chi connectivity index (χ1n) is 7.05. The van der Waals surface area contributed by atoms with Crippen LogP contribution in [0, 0.1) is 13.8 Å². The van der Waals surface area contributed by atoms with Crippen molar-refractivity contribution < 1.29 is 14.7 Å². The lowest BCUT2D eigenvalue weighted by Crippen LogP contribution is -2.32. The zero-order valence-corrected chi connectivity index (χ0v) is 13.4. The van der Waals surface area contributed by atoms with Gasteiger partial charge in [-0.25, -0.2) is 4.90 Å². The van der Waals surface area contributed by atoms with E-state index >= 15 is 0 Å². The van der Waals surface area contributed by atoms with Crippen molar-refractivity contribution in [3.8, 4) is 0 Å². The molecule has 1 N–H and O–H groups in total. The molecule has 0 spiro atoms. The highest BCUT2D eigenvalue weighted by Gasteiger charge is 2.40. The fourth-order valence-electron chi connectivity index (χ4n) is 2.54. The van der Waals surface area contributed by atoms with Gasteiger partial charge in [0.15, 0.2) is 5.76 Å². The fourth-order valence-corrected chi connectivity index (χ4v) is 2.71. The summed E-state index contributed by atoms with van der Waals surface area (Å²) in [6.07, 6.45) is 0. The number of aliphatic hydroxyl groups excluding tert-OH is 1. The number of anilines is 1. The maximum Gasteiger partial charge on any atom is 0.301 e. The van der Waals surface area contributed by atoms with E-state index in [1.807, 2.05) is 19.1 Å². The molecule has 1 heterocycles. The molecule has 0 bridgehead atoms. The molecule has 4 nitrogen and oxygen atoms in total. The quantitative estimate of drug-likeness (QED) is 0.853. The van der Waals surface area contributed by atoms with Crippen LogP contribution in [-0.2, 0) is 9.59 Å². The van der Waals surface area contributed by atoms with Crippen molar-refractivity contribution in [2.24, 2.45) is 0 Å². The van der Waals surface area contributed by atoms with Gasteiger partial charge < -0.3 is 5.11 Å². The molecule has 2 amide bonds. The van der Waals surface area contributed by atoms with Gasteiger partial charge in [0, 0.05) is 5.02 Å². The monoisotopic (exact) mass is 327 g/mol. The van der Waals surface area contributed by atoms with Crippen molar-refractivity contribution in [3.05, 3.63) is 69.9 Å². The maximum absolute atomic E-state index is 12.7. The fraction of sp³-hybridized carbons (Fsp3) is 0.111. The summed E-state index contributed by atoms with van der Waals surface area (Å²) >= 11 is 5.97. The highest BCUT2D eigenvalue weighted by molar-refractivity contribution is 6.45. The van der Waals surface area contributed by atoms with E-state index in [-0.39, 0.29) is 5.57 Å². The maximum atomic E-state index is 12.7. The number of amides is 2. The summed E-state index contributed by atoms with van der Waals surface area (Å²) in [5.41, 5.74) is 2.63. The average molecular weight is 328 g/mol. The van der Waals surface area contributed by atoms with E-state index in [1.54, 1.807) is 31.2 Å². The van der Waals surface area contributed by atoms with Gasteiger partial charge in [0.1, 0.15) is 0 Å². The molecule has 2 aromatic rings. The third-order valence-corrected chi connectivity index (χ3v) is 4.05. The van der Waals surface area contributed by atoms with E-state index < -0.39 is 17.6 Å². The number of aryl methyl sites for hydroxylation is 2. The van der Waals surface area contributed by atoms with E-state index in [0.717, 1.165) is 10.5 Å². The number of hydrogen-bond donors (Lipinski definition) is 1. The normalized spacial score (nSPS) is 14.8. The number of carbonyl (C=O) groups is 2. The molecule has 3 rings (SSSR count). The molecule has 0 radical (unpaired) electrons. The topological polar surface area (TPSA) is 57.6 Å². The van der Waals surface area contributed by atoms with Crippen LogP contribution in [0.1, 0.15) is 16.7 Å². The number of imide groups is 1. The zero-order chi connectivity index (χ0) is 16.7. The second-order valence-electron chi connectivity index (χ2n) is 5.47. The Morgan fingerprint density at radius 1 is 0.957 bits per heavy atom. The minimum Gasteiger partial charge on any atom is -0.502 e. The molecule has 0 unspecified atom stereocenters. The molecule has 116 valence electrons. The number of halogens is 1. The van der Waals surface area contributed by atoms with Gasteiger partial charge in [-0.3, -0.25) is 9.59 Å². The number of aliphatic hydroxyl groups is 1. The Labute approximate surface area is 138 Å². The molecule has 2 aromatic carbocycles. The number of carbonyl (C=O) groups excluding carboxylic acids is 2. The Morgan fingerprint density at radius 3 is 2.26 bits per heavy atom. The molecule has 0 aromatic heterocycles. The van der Waals surface area contributed by atoms with Crippen molar-refractivity contribution in [2.45, 2.75) is 13.8 Å². The minimum atomic E-state index is -0.740. The summed E-state index contributed by atoms with van der Waals surface area (Å²) in [5, 5.41) is 10.6. The SMILES string of the molecule is Cc1ccc(C2=C(O)C(=O)N(c3cc(Cl)ccc3C)C2=O)cc1. The molecule has 0 saturated carbocycles. The predicted octanol–water partition coefficient (Wildman–Crippen LogP) is 3.80. The standard InChI is InChI=1S/C18H14ClNO3/c1-10-3-6-12(7-4-10)15-16(21)18(23)20(17(15)22)14-9-13(19)8-5-11(14)2/h3-9,21H,1-2H3. The second kappa shape index (κ2) is 5.56. The van der Waals surface area contributed by atoms with Crippen molar-refractivity contribution in [1.82, 2.24) is 0 Å². The lowest BCUT2D eigenvalue weighted by molar-refractivity contribution is -0.121. The first-order chi connectivity index (χ1) is 10.9. The molecular weight excluding hydrogens is 314 g/mol. The van der Waals surface area contributed by atoms with E-state index in [9.17, 15) is 14.7 Å². The van der Waals surface area contributed by atoms with Crippen LogP contribution >= 0.6 is 11.6 Å². The lowest BCUT2D eigenvalue weighted by Gasteiger charge is -2.17. The molecule has 1 aliphatic heterocycles. The van der Waals surface area contributed by atoms with E-state index in [1.165, 1.54) is 6.07 Å². The third-order valence-electron chi connectivity index (χ3n) is 3.81. The smallest absolute Gasteiger partial charge is 0.301 e. The summed E-state index contributed by atoms with van der Waals surface area (Å²) in [4.78, 5) is 26.1. The molecule has 0 aliphatic carbocycles. The summed E-state index contributed by atoms with van der Waals surface area (Å²) in [6, 6.07) is 12.0. The van der Waals surface area contributed by atoms with Crippen LogP contribution in [0.4, 0.5) is 5.69 Å². The molecule has 0 fully saturated rings. The first kappa shape index (κ1) is 15.3. The third kappa shape index (κ3) is 2.51. The summed E-state index contributed by atoms with van der Waals surface area (Å²) < 4.78 is 0. The Hall–Kier alpha value is -2.59. The molecule has 5 heteroatoms. The van der Waals surface area contributed by atoms with Gasteiger partial charge in [0.25, 0.3) is 5.91 Å². The lowest BCUT2D eigenvalue weighted by atomic mass is 10.0.